The first-order valence-corrected chi connectivity index (χ1v) is 11.3. The number of thioether (sulfide) groups is 1. The summed E-state index contributed by atoms with van der Waals surface area (Å²) in [6.45, 7) is 0.487. The van der Waals surface area contributed by atoms with E-state index in [4.69, 9.17) is 4.42 Å². The molecule has 1 saturated heterocycles. The Kier molecular flexibility index (Phi) is 6.10. The van der Waals surface area contributed by atoms with Crippen LogP contribution in [0.15, 0.2) is 44.1 Å². The summed E-state index contributed by atoms with van der Waals surface area (Å²) in [5.41, 5.74) is 0.634. The first kappa shape index (κ1) is 20.9. The Morgan fingerprint density at radius 2 is 1.97 bits per heavy atom. The van der Waals surface area contributed by atoms with Gasteiger partial charge in [-0.05, 0) is 64.7 Å². The average Bonchev–Trinajstić information content (AvgIpc) is 3.29. The fourth-order valence-electron chi connectivity index (χ4n) is 3.81. The van der Waals surface area contributed by atoms with Crippen LogP contribution in [-0.2, 0) is 4.79 Å². The zero-order chi connectivity index (χ0) is 21.3. The van der Waals surface area contributed by atoms with Gasteiger partial charge in [-0.15, -0.1) is 0 Å². The molecule has 1 aliphatic heterocycles. The van der Waals surface area contributed by atoms with E-state index in [9.17, 15) is 19.7 Å². The van der Waals surface area contributed by atoms with Crippen LogP contribution in [0, 0.1) is 16.0 Å². The minimum absolute atomic E-state index is 0.0240. The molecule has 2 amide bonds. The summed E-state index contributed by atoms with van der Waals surface area (Å²) in [4.78, 5) is 37.2. The maximum atomic E-state index is 12.7. The summed E-state index contributed by atoms with van der Waals surface area (Å²) >= 11 is 4.27. The molecular formula is C21H19BrN2O5S. The number of carbonyl (C=O) groups excluding carboxylic acids is 2. The van der Waals surface area contributed by atoms with Crippen molar-refractivity contribution in [3.63, 3.8) is 0 Å². The molecule has 2 fully saturated rings. The lowest BCUT2D eigenvalue weighted by atomic mass is 9.89. The Morgan fingerprint density at radius 3 is 2.67 bits per heavy atom. The molecule has 2 heterocycles. The number of halogens is 1. The van der Waals surface area contributed by atoms with Gasteiger partial charge in [-0.2, -0.15) is 0 Å². The van der Waals surface area contributed by atoms with Crippen molar-refractivity contribution in [3.05, 3.63) is 55.6 Å². The number of hydrogen-bond acceptors (Lipinski definition) is 6. The minimum atomic E-state index is -0.467. The van der Waals surface area contributed by atoms with Gasteiger partial charge in [0.2, 0.25) is 0 Å². The van der Waals surface area contributed by atoms with Crippen LogP contribution in [0.4, 0.5) is 10.5 Å². The molecule has 2 aromatic rings. The number of nitro groups is 1. The summed E-state index contributed by atoms with van der Waals surface area (Å²) in [7, 11) is 0. The number of non-ortho nitro benzene ring substituents is 1. The number of nitro benzene ring substituents is 1. The van der Waals surface area contributed by atoms with Crippen LogP contribution in [0.2, 0.25) is 0 Å². The highest BCUT2D eigenvalue weighted by molar-refractivity contribution is 9.10. The molecule has 0 unspecified atom stereocenters. The number of rotatable bonds is 5. The SMILES string of the molecule is O=C1S/C(=C\c2ccc(-c3ccc([N+](=O)[O-])cc3Br)o2)C(=O)N1CC1CCCCC1. The second-order valence-corrected chi connectivity index (χ2v) is 9.27. The lowest BCUT2D eigenvalue weighted by Crippen LogP contribution is -2.34. The maximum Gasteiger partial charge on any atom is 0.293 e. The molecule has 0 atom stereocenters. The first-order chi connectivity index (χ1) is 14.4. The zero-order valence-corrected chi connectivity index (χ0v) is 18.4. The van der Waals surface area contributed by atoms with E-state index in [0.29, 0.717) is 38.9 Å². The van der Waals surface area contributed by atoms with E-state index in [-0.39, 0.29) is 16.8 Å². The van der Waals surface area contributed by atoms with Crippen LogP contribution in [0.1, 0.15) is 37.9 Å². The predicted molar refractivity (Wildman–Crippen MR) is 118 cm³/mol. The molecule has 0 spiro atoms. The molecule has 7 nitrogen and oxygen atoms in total. The van der Waals surface area contributed by atoms with Gasteiger partial charge in [0, 0.05) is 34.8 Å². The number of hydrogen-bond donors (Lipinski definition) is 0. The topological polar surface area (TPSA) is 93.7 Å². The largest absolute Gasteiger partial charge is 0.457 e. The third-order valence-corrected chi connectivity index (χ3v) is 6.93. The van der Waals surface area contributed by atoms with E-state index in [1.54, 1.807) is 24.3 Å². The number of amides is 2. The van der Waals surface area contributed by atoms with Crippen molar-refractivity contribution in [1.29, 1.82) is 0 Å². The number of furan rings is 1. The van der Waals surface area contributed by atoms with Gasteiger partial charge in [0.05, 0.1) is 9.83 Å². The minimum Gasteiger partial charge on any atom is -0.457 e. The molecule has 0 bridgehead atoms. The molecule has 156 valence electrons. The van der Waals surface area contributed by atoms with Crippen molar-refractivity contribution in [1.82, 2.24) is 4.90 Å². The average molecular weight is 491 g/mol. The molecular weight excluding hydrogens is 472 g/mol. The number of imide groups is 1. The highest BCUT2D eigenvalue weighted by atomic mass is 79.9. The predicted octanol–water partition coefficient (Wildman–Crippen LogP) is 6.23. The van der Waals surface area contributed by atoms with Gasteiger partial charge >= 0.3 is 0 Å². The monoisotopic (exact) mass is 490 g/mol. The number of carbonyl (C=O) groups is 2. The molecule has 9 heteroatoms. The second-order valence-electron chi connectivity index (χ2n) is 7.42. The fraction of sp³-hybridized carbons (Fsp3) is 0.333. The van der Waals surface area contributed by atoms with Gasteiger partial charge < -0.3 is 4.42 Å². The molecule has 0 N–H and O–H groups in total. The quantitative estimate of drug-likeness (QED) is 0.280. The third kappa shape index (κ3) is 4.37. The number of nitrogens with zero attached hydrogens (tertiary/aromatic N) is 2. The van der Waals surface area contributed by atoms with Gasteiger partial charge in [-0.25, -0.2) is 0 Å². The lowest BCUT2D eigenvalue weighted by Gasteiger charge is -2.25. The van der Waals surface area contributed by atoms with Gasteiger partial charge in [-0.1, -0.05) is 19.3 Å². The van der Waals surface area contributed by atoms with Gasteiger partial charge in [0.1, 0.15) is 11.5 Å². The second kappa shape index (κ2) is 8.77. The van der Waals surface area contributed by atoms with Gasteiger partial charge in [-0.3, -0.25) is 24.6 Å². The highest BCUT2D eigenvalue weighted by Gasteiger charge is 2.36. The Labute approximate surface area is 185 Å². The van der Waals surface area contributed by atoms with Crippen LogP contribution in [0.25, 0.3) is 17.4 Å². The molecule has 1 aromatic heterocycles. The van der Waals surface area contributed by atoms with Crippen molar-refractivity contribution in [3.8, 4) is 11.3 Å². The van der Waals surface area contributed by atoms with Crippen LogP contribution in [-0.4, -0.2) is 27.5 Å². The summed E-state index contributed by atoms with van der Waals surface area (Å²) in [6, 6.07) is 7.85. The van der Waals surface area contributed by atoms with Crippen molar-refractivity contribution < 1.29 is 18.9 Å². The molecule has 1 aliphatic carbocycles. The van der Waals surface area contributed by atoms with Crippen LogP contribution < -0.4 is 0 Å². The smallest absolute Gasteiger partial charge is 0.293 e. The molecule has 0 radical (unpaired) electrons. The summed E-state index contributed by atoms with van der Waals surface area (Å²) < 4.78 is 6.34. The molecule has 30 heavy (non-hydrogen) atoms. The van der Waals surface area contributed by atoms with E-state index >= 15 is 0 Å². The first-order valence-electron chi connectivity index (χ1n) is 9.72. The highest BCUT2D eigenvalue weighted by Crippen LogP contribution is 2.37. The Morgan fingerprint density at radius 1 is 1.20 bits per heavy atom. The van der Waals surface area contributed by atoms with E-state index in [0.717, 1.165) is 37.4 Å². The van der Waals surface area contributed by atoms with E-state index in [1.807, 2.05) is 0 Å². The molecule has 4 rings (SSSR count). The Balaban J connectivity index is 1.50. The van der Waals surface area contributed by atoms with Crippen molar-refractivity contribution in [2.45, 2.75) is 32.1 Å². The molecule has 1 aromatic carbocycles. The van der Waals surface area contributed by atoms with Crippen molar-refractivity contribution in [2.24, 2.45) is 5.92 Å². The molecule has 2 aliphatic rings. The van der Waals surface area contributed by atoms with Crippen LogP contribution in [0.5, 0.6) is 0 Å². The van der Waals surface area contributed by atoms with Gasteiger partial charge in [0.15, 0.2) is 0 Å². The van der Waals surface area contributed by atoms with Crippen molar-refractivity contribution in [2.75, 3.05) is 6.54 Å². The van der Waals surface area contributed by atoms with E-state index in [2.05, 4.69) is 15.9 Å². The van der Waals surface area contributed by atoms with E-state index < -0.39 is 4.92 Å². The molecule has 1 saturated carbocycles. The normalized spacial score (nSPS) is 19.1. The fourth-order valence-corrected chi connectivity index (χ4v) is 5.20. The maximum absolute atomic E-state index is 12.7. The lowest BCUT2D eigenvalue weighted by molar-refractivity contribution is -0.384. The number of benzene rings is 1. The third-order valence-electron chi connectivity index (χ3n) is 5.37. The van der Waals surface area contributed by atoms with Crippen LogP contribution >= 0.6 is 27.7 Å². The van der Waals surface area contributed by atoms with Gasteiger partial charge in [0.25, 0.3) is 16.8 Å². The van der Waals surface area contributed by atoms with Crippen LogP contribution in [0.3, 0.4) is 0 Å². The standard InChI is InChI=1S/C21H19BrN2O5S/c22-17-10-14(24(27)28)6-8-16(17)18-9-7-15(29-18)11-19-20(25)23(21(26)30-19)12-13-4-2-1-3-5-13/h6-11,13H,1-5,12H2/b19-11-. The Hall–Kier alpha value is -2.39. The zero-order valence-electron chi connectivity index (χ0n) is 16.0. The van der Waals surface area contributed by atoms with Crippen molar-refractivity contribution >= 4 is 50.6 Å². The Bertz CT molecular complexity index is 1040. The summed E-state index contributed by atoms with van der Waals surface area (Å²) in [5.74, 6) is 1.06. The summed E-state index contributed by atoms with van der Waals surface area (Å²) in [5, 5.41) is 10.7. The van der Waals surface area contributed by atoms with E-state index in [1.165, 1.54) is 23.5 Å². The summed E-state index contributed by atoms with van der Waals surface area (Å²) in [6.07, 6.45) is 7.24.